The number of hydrogen-bond donors (Lipinski definition) is 2. The molecule has 0 radical (unpaired) electrons. The molecule has 124 valence electrons. The van der Waals surface area contributed by atoms with E-state index < -0.39 is 11.5 Å². The van der Waals surface area contributed by atoms with Crippen LogP contribution in [0.5, 0.6) is 0 Å². The first-order chi connectivity index (χ1) is 10.7. The van der Waals surface area contributed by atoms with Crippen molar-refractivity contribution in [1.29, 1.82) is 0 Å². The van der Waals surface area contributed by atoms with Crippen LogP contribution in [0.4, 0.5) is 0 Å². The van der Waals surface area contributed by atoms with Gasteiger partial charge in [0, 0.05) is 13.3 Å². The van der Waals surface area contributed by atoms with Crippen molar-refractivity contribution in [2.24, 2.45) is 10.9 Å². The third kappa shape index (κ3) is 2.84. The van der Waals surface area contributed by atoms with E-state index in [1.54, 1.807) is 20.0 Å². The van der Waals surface area contributed by atoms with Crippen LogP contribution in [0, 0.1) is 12.8 Å². The minimum absolute atomic E-state index is 0.0258. The van der Waals surface area contributed by atoms with Crippen molar-refractivity contribution < 1.29 is 19.4 Å². The normalized spacial score (nSPS) is 20.6. The number of carboxylic acids is 1. The third-order valence-electron chi connectivity index (χ3n) is 4.34. The Morgan fingerprint density at radius 2 is 2.13 bits per heavy atom. The maximum atomic E-state index is 12.2. The summed E-state index contributed by atoms with van der Waals surface area (Å²) >= 11 is 0. The summed E-state index contributed by atoms with van der Waals surface area (Å²) in [4.78, 5) is 32.6. The van der Waals surface area contributed by atoms with E-state index in [0.29, 0.717) is 11.1 Å². The molecule has 0 bridgehead atoms. The molecular formula is C16H21N3O4. The van der Waals surface area contributed by atoms with Crippen molar-refractivity contribution >= 4 is 17.7 Å². The molecule has 1 atom stereocenters. The second kappa shape index (κ2) is 6.08. The Labute approximate surface area is 134 Å². The van der Waals surface area contributed by atoms with E-state index in [2.05, 4.69) is 15.3 Å². The highest BCUT2D eigenvalue weighted by atomic mass is 16.5. The molecular weight excluding hydrogens is 298 g/mol. The highest BCUT2D eigenvalue weighted by molar-refractivity contribution is 6.17. The zero-order valence-corrected chi connectivity index (χ0v) is 13.9. The minimum atomic E-state index is -1.11. The lowest BCUT2D eigenvalue weighted by atomic mass is 9.89. The highest BCUT2D eigenvalue weighted by Gasteiger charge is 2.43. The van der Waals surface area contributed by atoms with Crippen LogP contribution in [-0.4, -0.2) is 40.5 Å². The summed E-state index contributed by atoms with van der Waals surface area (Å²) in [5, 5.41) is 12.2. The summed E-state index contributed by atoms with van der Waals surface area (Å²) in [7, 11) is 1.53. The van der Waals surface area contributed by atoms with Gasteiger partial charge in [0.25, 0.3) is 5.91 Å². The van der Waals surface area contributed by atoms with Gasteiger partial charge in [-0.25, -0.2) is 9.79 Å². The summed E-state index contributed by atoms with van der Waals surface area (Å²) in [5.41, 5.74) is 0.523. The van der Waals surface area contributed by atoms with Gasteiger partial charge in [-0.15, -0.1) is 0 Å². The highest BCUT2D eigenvalue weighted by Crippen LogP contribution is 2.28. The van der Waals surface area contributed by atoms with Gasteiger partial charge in [-0.1, -0.05) is 13.8 Å². The van der Waals surface area contributed by atoms with E-state index in [4.69, 9.17) is 4.74 Å². The zero-order valence-electron chi connectivity index (χ0n) is 13.9. The van der Waals surface area contributed by atoms with Crippen molar-refractivity contribution in [3.8, 4) is 0 Å². The first kappa shape index (κ1) is 17.1. The van der Waals surface area contributed by atoms with E-state index in [9.17, 15) is 14.7 Å². The number of methoxy groups -OCH3 is 1. The first-order valence-electron chi connectivity index (χ1n) is 7.34. The fourth-order valence-corrected chi connectivity index (χ4v) is 2.43. The second-order valence-electron chi connectivity index (χ2n) is 6.09. The molecule has 0 spiro atoms. The number of pyridine rings is 1. The molecule has 1 aromatic rings. The third-order valence-corrected chi connectivity index (χ3v) is 4.34. The Balaban J connectivity index is 2.59. The van der Waals surface area contributed by atoms with Gasteiger partial charge >= 0.3 is 5.97 Å². The van der Waals surface area contributed by atoms with Gasteiger partial charge in [0.15, 0.2) is 5.84 Å². The van der Waals surface area contributed by atoms with E-state index in [0.717, 1.165) is 0 Å². The van der Waals surface area contributed by atoms with Crippen molar-refractivity contribution in [3.05, 3.63) is 28.6 Å². The van der Waals surface area contributed by atoms with Crippen molar-refractivity contribution in [3.63, 3.8) is 0 Å². The van der Waals surface area contributed by atoms with Crippen molar-refractivity contribution in [2.45, 2.75) is 39.8 Å². The Morgan fingerprint density at radius 3 is 2.61 bits per heavy atom. The topological polar surface area (TPSA) is 101 Å². The zero-order chi connectivity index (χ0) is 17.4. The Bertz CT molecular complexity index is 697. The second-order valence-corrected chi connectivity index (χ2v) is 6.09. The Morgan fingerprint density at radius 1 is 1.48 bits per heavy atom. The Hall–Kier alpha value is -2.28. The molecule has 0 aliphatic carbocycles. The number of amides is 1. The molecule has 2 rings (SSSR count). The average molecular weight is 319 g/mol. The number of aromatic nitrogens is 1. The lowest BCUT2D eigenvalue weighted by molar-refractivity contribution is -0.124. The van der Waals surface area contributed by atoms with Gasteiger partial charge in [-0.05, 0) is 30.9 Å². The van der Waals surface area contributed by atoms with Crippen LogP contribution in [0.1, 0.15) is 48.0 Å². The fourth-order valence-electron chi connectivity index (χ4n) is 2.43. The molecule has 1 unspecified atom stereocenters. The quantitative estimate of drug-likeness (QED) is 0.857. The van der Waals surface area contributed by atoms with Gasteiger partial charge in [-0.2, -0.15) is 0 Å². The summed E-state index contributed by atoms with van der Waals surface area (Å²) in [6.45, 7) is 7.48. The minimum Gasteiger partial charge on any atom is -0.478 e. The first-order valence-corrected chi connectivity index (χ1v) is 7.34. The lowest BCUT2D eigenvalue weighted by Crippen LogP contribution is -2.41. The lowest BCUT2D eigenvalue weighted by Gasteiger charge is -2.21. The molecule has 7 heteroatoms. The molecule has 1 aliphatic heterocycles. The maximum Gasteiger partial charge on any atom is 0.338 e. The summed E-state index contributed by atoms with van der Waals surface area (Å²) < 4.78 is 5.06. The van der Waals surface area contributed by atoms with Crippen molar-refractivity contribution in [2.75, 3.05) is 7.11 Å². The molecule has 0 fully saturated rings. The number of aliphatic imine (C=N–C) groups is 1. The number of hydrogen-bond acceptors (Lipinski definition) is 5. The van der Waals surface area contributed by atoms with Crippen LogP contribution in [0.3, 0.4) is 0 Å². The van der Waals surface area contributed by atoms with Gasteiger partial charge in [-0.3, -0.25) is 9.78 Å². The van der Waals surface area contributed by atoms with E-state index >= 15 is 0 Å². The predicted molar refractivity (Wildman–Crippen MR) is 84.6 cm³/mol. The molecule has 1 aromatic heterocycles. The van der Waals surface area contributed by atoms with Crippen LogP contribution in [0.2, 0.25) is 0 Å². The average Bonchev–Trinajstić information content (AvgIpc) is 2.77. The number of nitrogens with one attached hydrogen (secondary N) is 1. The molecule has 0 saturated carbocycles. The molecule has 2 heterocycles. The van der Waals surface area contributed by atoms with Gasteiger partial charge < -0.3 is 15.2 Å². The van der Waals surface area contributed by atoms with Crippen LogP contribution < -0.4 is 5.32 Å². The maximum absolute atomic E-state index is 12.2. The van der Waals surface area contributed by atoms with Crippen LogP contribution in [-0.2, 0) is 16.1 Å². The molecule has 23 heavy (non-hydrogen) atoms. The van der Waals surface area contributed by atoms with Crippen LogP contribution >= 0.6 is 0 Å². The van der Waals surface area contributed by atoms with Gasteiger partial charge in [0.1, 0.15) is 11.2 Å². The Kier molecular flexibility index (Phi) is 4.51. The standard InChI is InChI=1S/C16H21N3O4/c1-8(2)16(4)15(22)18-13(19-16)12-11(14(20)21)9(3)10(6-17-12)7-23-5/h6,8H,7H2,1-5H3,(H,20,21)(H,18,19,22). The van der Waals surface area contributed by atoms with Gasteiger partial charge in [0.2, 0.25) is 0 Å². The van der Waals surface area contributed by atoms with Crippen LogP contribution in [0.25, 0.3) is 0 Å². The van der Waals surface area contributed by atoms with Crippen LogP contribution in [0.15, 0.2) is 11.2 Å². The van der Waals surface area contributed by atoms with E-state index in [-0.39, 0.29) is 35.5 Å². The molecule has 1 aliphatic rings. The van der Waals surface area contributed by atoms with Gasteiger partial charge in [0.05, 0.1) is 12.2 Å². The summed E-state index contributed by atoms with van der Waals surface area (Å²) in [6.07, 6.45) is 1.56. The fraction of sp³-hybridized carbons (Fsp3) is 0.500. The smallest absolute Gasteiger partial charge is 0.338 e. The predicted octanol–water partition coefficient (Wildman–Crippen LogP) is 1.53. The SMILES string of the molecule is COCc1cnc(C2=NC(C)(C(C)C)C(=O)N2)c(C(=O)O)c1C. The summed E-state index contributed by atoms with van der Waals surface area (Å²) in [6, 6.07) is 0. The molecule has 2 N–H and O–H groups in total. The monoisotopic (exact) mass is 319 g/mol. The number of aromatic carboxylic acids is 1. The van der Waals surface area contributed by atoms with E-state index in [1.165, 1.54) is 7.11 Å². The molecule has 1 amide bonds. The number of rotatable bonds is 5. The number of carbonyl (C=O) groups is 2. The number of amidine groups is 1. The number of carbonyl (C=O) groups excluding carboxylic acids is 1. The van der Waals surface area contributed by atoms with E-state index in [1.807, 2.05) is 13.8 Å². The molecule has 7 nitrogen and oxygen atoms in total. The summed E-state index contributed by atoms with van der Waals surface area (Å²) in [5.74, 6) is -1.19. The number of ether oxygens (including phenoxy) is 1. The van der Waals surface area contributed by atoms with Crippen molar-refractivity contribution in [1.82, 2.24) is 10.3 Å². The number of nitrogens with zero attached hydrogens (tertiary/aromatic N) is 2. The number of carboxylic acid groups (broad SMARTS) is 1. The molecule has 0 aromatic carbocycles. The molecule has 0 saturated heterocycles. The largest absolute Gasteiger partial charge is 0.478 e.